The Labute approximate surface area is 314 Å². The summed E-state index contributed by atoms with van der Waals surface area (Å²) in [6, 6.07) is 26.3. The number of hydrogen-bond donors (Lipinski definition) is 6. The first kappa shape index (κ1) is 37.7. The number of rotatable bonds is 14. The number of nitrogens with zero attached hydrogens (tertiary/aromatic N) is 2. The van der Waals surface area contributed by atoms with Crippen LogP contribution in [0.25, 0.3) is 0 Å². The molecular formula is C41H46N8O5. The Morgan fingerprint density at radius 1 is 0.426 bits per heavy atom. The van der Waals surface area contributed by atoms with Gasteiger partial charge in [-0.15, -0.1) is 0 Å². The van der Waals surface area contributed by atoms with Crippen LogP contribution in [0, 0.1) is 0 Å². The van der Waals surface area contributed by atoms with Gasteiger partial charge in [0.05, 0.1) is 0 Å². The summed E-state index contributed by atoms with van der Waals surface area (Å²) in [5.74, 6) is -0.829. The van der Waals surface area contributed by atoms with Gasteiger partial charge in [0, 0.05) is 71.2 Å². The lowest BCUT2D eigenvalue weighted by Gasteiger charge is -2.14. The molecule has 280 valence electrons. The first-order valence-corrected chi connectivity index (χ1v) is 18.4. The third kappa shape index (κ3) is 11.5. The highest BCUT2D eigenvalue weighted by atomic mass is 16.2. The summed E-state index contributed by atoms with van der Waals surface area (Å²) < 4.78 is 0. The Hall–Kier alpha value is -6.05. The average molecular weight is 731 g/mol. The van der Waals surface area contributed by atoms with Crippen molar-refractivity contribution in [2.75, 3.05) is 71.2 Å². The number of urea groups is 1. The highest BCUT2D eigenvalue weighted by molar-refractivity contribution is 6.07. The van der Waals surface area contributed by atoms with Crippen LogP contribution in [0.2, 0.25) is 0 Å². The van der Waals surface area contributed by atoms with Gasteiger partial charge in [-0.25, -0.2) is 4.79 Å². The Morgan fingerprint density at radius 3 is 1.15 bits per heavy atom. The Bertz CT molecular complexity index is 1800. The summed E-state index contributed by atoms with van der Waals surface area (Å²) in [6.07, 6.45) is 5.61. The van der Waals surface area contributed by atoms with Crippen LogP contribution in [0.4, 0.5) is 38.9 Å². The molecule has 0 radical (unpaired) electrons. The van der Waals surface area contributed by atoms with E-state index >= 15 is 0 Å². The van der Waals surface area contributed by atoms with Gasteiger partial charge in [0.25, 0.3) is 11.8 Å². The molecule has 6 rings (SSSR count). The fourth-order valence-corrected chi connectivity index (χ4v) is 6.43. The van der Waals surface area contributed by atoms with E-state index in [2.05, 4.69) is 41.7 Å². The molecule has 0 aliphatic carbocycles. The van der Waals surface area contributed by atoms with E-state index in [9.17, 15) is 24.0 Å². The lowest BCUT2D eigenvalue weighted by atomic mass is 10.1. The van der Waals surface area contributed by atoms with Crippen LogP contribution in [-0.4, -0.2) is 78.7 Å². The Morgan fingerprint density at radius 2 is 0.778 bits per heavy atom. The first-order valence-electron chi connectivity index (χ1n) is 18.4. The van der Waals surface area contributed by atoms with Crippen LogP contribution in [0.3, 0.4) is 0 Å². The van der Waals surface area contributed by atoms with E-state index in [1.54, 1.807) is 97.1 Å². The minimum Gasteiger partial charge on any atom is -0.326 e. The minimum atomic E-state index is -0.554. The maximum absolute atomic E-state index is 13.0. The van der Waals surface area contributed by atoms with Crippen LogP contribution < -0.4 is 31.9 Å². The van der Waals surface area contributed by atoms with E-state index in [1.807, 2.05) is 0 Å². The normalized spacial score (nSPS) is 14.2. The highest BCUT2D eigenvalue weighted by Crippen LogP contribution is 2.20. The van der Waals surface area contributed by atoms with Crippen molar-refractivity contribution in [3.63, 3.8) is 0 Å². The molecule has 0 bridgehead atoms. The molecule has 4 aromatic rings. The van der Waals surface area contributed by atoms with Crippen LogP contribution in [0.15, 0.2) is 97.1 Å². The van der Waals surface area contributed by atoms with Gasteiger partial charge in [-0.2, -0.15) is 0 Å². The number of benzene rings is 4. The number of hydrogen-bond acceptors (Lipinski definition) is 7. The third-order valence-electron chi connectivity index (χ3n) is 9.33. The van der Waals surface area contributed by atoms with E-state index in [0.29, 0.717) is 58.1 Å². The van der Waals surface area contributed by atoms with Crippen molar-refractivity contribution in [3.05, 3.63) is 108 Å². The molecule has 2 saturated heterocycles. The fourth-order valence-electron chi connectivity index (χ4n) is 6.43. The van der Waals surface area contributed by atoms with Crippen molar-refractivity contribution in [1.29, 1.82) is 0 Å². The molecule has 2 aliphatic heterocycles. The number of carbonyl (C=O) groups is 5. The molecule has 54 heavy (non-hydrogen) atoms. The average Bonchev–Trinajstić information content (AvgIpc) is 3.90. The quantitative estimate of drug-likeness (QED) is 0.0843. The van der Waals surface area contributed by atoms with Gasteiger partial charge in [0.2, 0.25) is 11.8 Å². The van der Waals surface area contributed by atoms with E-state index in [1.165, 1.54) is 25.7 Å². The predicted octanol–water partition coefficient (Wildman–Crippen LogP) is 6.68. The number of amides is 6. The zero-order valence-corrected chi connectivity index (χ0v) is 30.2. The predicted molar refractivity (Wildman–Crippen MR) is 212 cm³/mol. The molecule has 0 atom stereocenters. The number of carbonyl (C=O) groups excluding carboxylic acids is 5. The monoisotopic (exact) mass is 730 g/mol. The number of nitrogens with one attached hydrogen (secondary N) is 6. The van der Waals surface area contributed by atoms with Gasteiger partial charge in [-0.1, -0.05) is 12.1 Å². The summed E-state index contributed by atoms with van der Waals surface area (Å²) in [6.45, 7) is 5.69. The van der Waals surface area contributed by atoms with Gasteiger partial charge in [-0.05, 0) is 137 Å². The molecular weight excluding hydrogens is 685 g/mol. The van der Waals surface area contributed by atoms with Crippen molar-refractivity contribution in [2.45, 2.75) is 38.5 Å². The van der Waals surface area contributed by atoms with Gasteiger partial charge < -0.3 is 41.7 Å². The standard InChI is InChI=1S/C41H46N8O5/c50-37(19-25-48-21-1-2-22-48)42-31-11-15-33(16-12-31)44-39(52)29-7-5-9-35(27-29)46-41(54)47-36-10-6-8-30(28-36)40(53)45-34-17-13-32(14-18-34)43-38(51)20-26-49-23-3-4-24-49/h5-18,27-28H,1-4,19-26H2,(H,42,50)(H,43,51)(H,44,52)(H,45,53)(H2,46,47,54). The summed E-state index contributed by atoms with van der Waals surface area (Å²) in [4.78, 5) is 68.1. The van der Waals surface area contributed by atoms with E-state index in [4.69, 9.17) is 0 Å². The second-order valence-electron chi connectivity index (χ2n) is 13.5. The van der Waals surface area contributed by atoms with Crippen molar-refractivity contribution in [3.8, 4) is 0 Å². The van der Waals surface area contributed by atoms with Gasteiger partial charge in [-0.3, -0.25) is 19.2 Å². The van der Waals surface area contributed by atoms with Crippen molar-refractivity contribution >= 4 is 63.8 Å². The molecule has 0 unspecified atom stereocenters. The maximum Gasteiger partial charge on any atom is 0.323 e. The summed E-state index contributed by atoms with van der Waals surface area (Å²) in [5.41, 5.74) is 3.87. The van der Waals surface area contributed by atoms with E-state index < -0.39 is 6.03 Å². The minimum absolute atomic E-state index is 0.0465. The topological polar surface area (TPSA) is 164 Å². The molecule has 13 nitrogen and oxygen atoms in total. The molecule has 2 fully saturated rings. The van der Waals surface area contributed by atoms with Crippen molar-refractivity contribution in [2.24, 2.45) is 0 Å². The molecule has 6 N–H and O–H groups in total. The number of anilines is 6. The van der Waals surface area contributed by atoms with Gasteiger partial charge in [0.1, 0.15) is 0 Å². The smallest absolute Gasteiger partial charge is 0.323 e. The van der Waals surface area contributed by atoms with Crippen LogP contribution in [-0.2, 0) is 9.59 Å². The largest absolute Gasteiger partial charge is 0.326 e. The highest BCUT2D eigenvalue weighted by Gasteiger charge is 2.15. The Balaban J connectivity index is 0.945. The zero-order chi connectivity index (χ0) is 37.7. The second kappa shape index (κ2) is 18.6. The molecule has 2 heterocycles. The lowest BCUT2D eigenvalue weighted by molar-refractivity contribution is -0.117. The Kier molecular flexibility index (Phi) is 13.0. The summed E-state index contributed by atoms with van der Waals surface area (Å²) in [7, 11) is 0. The summed E-state index contributed by atoms with van der Waals surface area (Å²) >= 11 is 0. The summed E-state index contributed by atoms with van der Waals surface area (Å²) in [5, 5.41) is 16.9. The fraction of sp³-hybridized carbons (Fsp3) is 0.293. The van der Waals surface area contributed by atoms with E-state index in [-0.39, 0.29) is 23.6 Å². The van der Waals surface area contributed by atoms with Crippen LogP contribution in [0.1, 0.15) is 59.2 Å². The van der Waals surface area contributed by atoms with Crippen LogP contribution in [0.5, 0.6) is 0 Å². The molecule has 0 spiro atoms. The van der Waals surface area contributed by atoms with Gasteiger partial charge >= 0.3 is 6.03 Å². The lowest BCUT2D eigenvalue weighted by Crippen LogP contribution is -2.25. The first-order chi connectivity index (χ1) is 26.3. The SMILES string of the molecule is O=C(CCN1CCCC1)Nc1ccc(NC(=O)c2cccc(NC(=O)Nc3cccc(C(=O)Nc4ccc(NC(=O)CCN5CCCC5)cc4)c3)c2)cc1. The second-order valence-corrected chi connectivity index (χ2v) is 13.5. The van der Waals surface area contributed by atoms with Crippen molar-refractivity contribution < 1.29 is 24.0 Å². The molecule has 2 aliphatic rings. The van der Waals surface area contributed by atoms with Gasteiger partial charge in [0.15, 0.2) is 0 Å². The molecule has 0 aromatic heterocycles. The molecule has 13 heteroatoms. The maximum atomic E-state index is 13.0. The van der Waals surface area contributed by atoms with Crippen LogP contribution >= 0.6 is 0 Å². The van der Waals surface area contributed by atoms with E-state index in [0.717, 1.165) is 39.3 Å². The molecule has 0 saturated carbocycles. The zero-order valence-electron chi connectivity index (χ0n) is 30.2. The number of likely N-dealkylation sites (tertiary alicyclic amines) is 2. The molecule has 6 amide bonds. The third-order valence-corrected chi connectivity index (χ3v) is 9.33. The van der Waals surface area contributed by atoms with Crippen molar-refractivity contribution in [1.82, 2.24) is 9.80 Å². The molecule has 4 aromatic carbocycles.